The molecule has 0 saturated carbocycles. The topological polar surface area (TPSA) is 56.1 Å². The smallest absolute Gasteiger partial charge is 0.235 e. The lowest BCUT2D eigenvalue weighted by atomic mass is 10.2. The molecule has 0 radical (unpaired) electrons. The van der Waals surface area contributed by atoms with Crippen molar-refractivity contribution in [3.63, 3.8) is 0 Å². The van der Waals surface area contributed by atoms with E-state index in [1.807, 2.05) is 48.5 Å². The monoisotopic (exact) mass is 387 g/mol. The first-order valence-corrected chi connectivity index (χ1v) is 9.34. The SMILES string of the molecule is COc1ccc(SCC(=O)Nc2ccnn2Cc2ccccc2Cl)cc1. The van der Waals surface area contributed by atoms with Crippen LogP contribution in [0.2, 0.25) is 5.02 Å². The van der Waals surface area contributed by atoms with Gasteiger partial charge in [0.1, 0.15) is 11.6 Å². The van der Waals surface area contributed by atoms with Gasteiger partial charge in [-0.1, -0.05) is 29.8 Å². The summed E-state index contributed by atoms with van der Waals surface area (Å²) in [5.41, 5.74) is 0.945. The Labute approximate surface area is 161 Å². The van der Waals surface area contributed by atoms with E-state index in [9.17, 15) is 4.79 Å². The average Bonchev–Trinajstić information content (AvgIpc) is 3.09. The summed E-state index contributed by atoms with van der Waals surface area (Å²) in [6, 6.07) is 17.0. The van der Waals surface area contributed by atoms with E-state index in [0.717, 1.165) is 16.2 Å². The number of carbonyl (C=O) groups is 1. The zero-order valence-electron chi connectivity index (χ0n) is 14.2. The fourth-order valence-corrected chi connectivity index (χ4v) is 3.25. The van der Waals surface area contributed by atoms with Crippen LogP contribution in [0.15, 0.2) is 65.7 Å². The highest BCUT2D eigenvalue weighted by molar-refractivity contribution is 8.00. The lowest BCUT2D eigenvalue weighted by Gasteiger charge is -2.10. The standard InChI is InChI=1S/C19H18ClN3O2S/c1-25-15-6-8-16(9-7-15)26-13-19(24)22-18-10-11-21-23(18)12-14-4-2-3-5-17(14)20/h2-11H,12-13H2,1H3,(H,22,24). The maximum absolute atomic E-state index is 12.3. The van der Waals surface area contributed by atoms with E-state index in [0.29, 0.717) is 23.1 Å². The van der Waals surface area contributed by atoms with Gasteiger partial charge in [0.15, 0.2) is 0 Å². The predicted octanol–water partition coefficient (Wildman–Crippen LogP) is 4.32. The molecule has 1 aromatic heterocycles. The Balaban J connectivity index is 1.58. The number of nitrogens with one attached hydrogen (secondary N) is 1. The third kappa shape index (κ3) is 4.80. The molecular formula is C19H18ClN3O2S. The number of benzene rings is 2. The minimum atomic E-state index is -0.0910. The molecule has 26 heavy (non-hydrogen) atoms. The molecule has 2 aromatic carbocycles. The summed E-state index contributed by atoms with van der Waals surface area (Å²) in [6.07, 6.45) is 1.66. The van der Waals surface area contributed by atoms with Crippen LogP contribution in [0.5, 0.6) is 5.75 Å². The maximum Gasteiger partial charge on any atom is 0.235 e. The molecule has 0 atom stereocenters. The number of ether oxygens (including phenoxy) is 1. The zero-order valence-corrected chi connectivity index (χ0v) is 15.8. The van der Waals surface area contributed by atoms with Crippen LogP contribution in [0.25, 0.3) is 0 Å². The Morgan fingerprint density at radius 2 is 1.96 bits per heavy atom. The summed E-state index contributed by atoms with van der Waals surface area (Å²) >= 11 is 7.66. The normalized spacial score (nSPS) is 10.5. The van der Waals surface area contributed by atoms with Crippen LogP contribution in [0.4, 0.5) is 5.82 Å². The van der Waals surface area contributed by atoms with Crippen LogP contribution in [-0.2, 0) is 11.3 Å². The summed E-state index contributed by atoms with van der Waals surface area (Å²) in [6.45, 7) is 0.494. The van der Waals surface area contributed by atoms with Gasteiger partial charge < -0.3 is 10.1 Å². The number of rotatable bonds is 7. The molecule has 0 saturated heterocycles. The fourth-order valence-electron chi connectivity index (χ4n) is 2.35. The second-order valence-electron chi connectivity index (χ2n) is 5.48. The highest BCUT2D eigenvalue weighted by Crippen LogP contribution is 2.22. The van der Waals surface area contributed by atoms with E-state index in [2.05, 4.69) is 10.4 Å². The average molecular weight is 388 g/mol. The molecule has 1 N–H and O–H groups in total. The molecule has 0 aliphatic heterocycles. The van der Waals surface area contributed by atoms with Gasteiger partial charge in [-0.15, -0.1) is 11.8 Å². The Morgan fingerprint density at radius 3 is 2.69 bits per heavy atom. The lowest BCUT2D eigenvalue weighted by Crippen LogP contribution is -2.17. The highest BCUT2D eigenvalue weighted by atomic mass is 35.5. The summed E-state index contributed by atoms with van der Waals surface area (Å²) in [4.78, 5) is 13.3. The Kier molecular flexibility index (Phi) is 6.20. The van der Waals surface area contributed by atoms with Crippen molar-refractivity contribution in [3.05, 3.63) is 71.4 Å². The first-order chi connectivity index (χ1) is 12.7. The molecule has 5 nitrogen and oxygen atoms in total. The van der Waals surface area contributed by atoms with Crippen LogP contribution >= 0.6 is 23.4 Å². The zero-order chi connectivity index (χ0) is 18.4. The third-order valence-corrected chi connectivity index (χ3v) is 5.07. The number of hydrogen-bond donors (Lipinski definition) is 1. The quantitative estimate of drug-likeness (QED) is 0.613. The molecule has 0 fully saturated rings. The largest absolute Gasteiger partial charge is 0.497 e. The first kappa shape index (κ1) is 18.4. The number of thioether (sulfide) groups is 1. The van der Waals surface area contributed by atoms with E-state index >= 15 is 0 Å². The highest BCUT2D eigenvalue weighted by Gasteiger charge is 2.10. The van der Waals surface area contributed by atoms with Gasteiger partial charge in [0.2, 0.25) is 5.91 Å². The van der Waals surface area contributed by atoms with Crippen LogP contribution in [0.3, 0.4) is 0 Å². The molecule has 1 amide bonds. The molecule has 7 heteroatoms. The van der Waals surface area contributed by atoms with E-state index in [1.54, 1.807) is 24.1 Å². The van der Waals surface area contributed by atoms with Crippen molar-refractivity contribution >= 4 is 35.1 Å². The van der Waals surface area contributed by atoms with Crippen molar-refractivity contribution in [3.8, 4) is 5.75 Å². The summed E-state index contributed by atoms with van der Waals surface area (Å²) in [5.74, 6) is 1.66. The van der Waals surface area contributed by atoms with Crippen LogP contribution in [-0.4, -0.2) is 28.6 Å². The summed E-state index contributed by atoms with van der Waals surface area (Å²) in [7, 11) is 1.63. The van der Waals surface area contributed by atoms with Crippen molar-refractivity contribution in [1.29, 1.82) is 0 Å². The molecule has 0 unspecified atom stereocenters. The van der Waals surface area contributed by atoms with Gasteiger partial charge in [-0.3, -0.25) is 4.79 Å². The maximum atomic E-state index is 12.3. The van der Waals surface area contributed by atoms with Gasteiger partial charge >= 0.3 is 0 Å². The second kappa shape index (κ2) is 8.78. The van der Waals surface area contributed by atoms with Crippen molar-refractivity contribution in [2.75, 3.05) is 18.2 Å². The molecule has 1 heterocycles. The molecule has 134 valence electrons. The number of anilines is 1. The van der Waals surface area contributed by atoms with Gasteiger partial charge in [0, 0.05) is 16.0 Å². The fraction of sp³-hybridized carbons (Fsp3) is 0.158. The molecule has 0 bridgehead atoms. The summed E-state index contributed by atoms with van der Waals surface area (Å²) in [5, 5.41) is 7.84. The van der Waals surface area contributed by atoms with E-state index in [1.165, 1.54) is 11.8 Å². The van der Waals surface area contributed by atoms with Crippen molar-refractivity contribution < 1.29 is 9.53 Å². The third-order valence-electron chi connectivity index (χ3n) is 3.69. The minimum absolute atomic E-state index is 0.0910. The Hall–Kier alpha value is -2.44. The molecule has 3 aromatic rings. The van der Waals surface area contributed by atoms with Gasteiger partial charge in [0.25, 0.3) is 0 Å². The van der Waals surface area contributed by atoms with Gasteiger partial charge in [-0.05, 0) is 35.9 Å². The first-order valence-electron chi connectivity index (χ1n) is 7.97. The van der Waals surface area contributed by atoms with Crippen LogP contribution in [0.1, 0.15) is 5.56 Å². The Morgan fingerprint density at radius 1 is 1.19 bits per heavy atom. The van der Waals surface area contributed by atoms with E-state index < -0.39 is 0 Å². The lowest BCUT2D eigenvalue weighted by molar-refractivity contribution is -0.113. The molecule has 0 spiro atoms. The summed E-state index contributed by atoms with van der Waals surface area (Å²) < 4.78 is 6.85. The minimum Gasteiger partial charge on any atom is -0.497 e. The van der Waals surface area contributed by atoms with E-state index in [-0.39, 0.29) is 5.91 Å². The van der Waals surface area contributed by atoms with Crippen molar-refractivity contribution in [1.82, 2.24) is 9.78 Å². The van der Waals surface area contributed by atoms with Crippen LogP contribution in [0, 0.1) is 0 Å². The van der Waals surface area contributed by atoms with Crippen molar-refractivity contribution in [2.24, 2.45) is 0 Å². The number of nitrogens with zero attached hydrogens (tertiary/aromatic N) is 2. The van der Waals surface area contributed by atoms with Gasteiger partial charge in [-0.25, -0.2) is 4.68 Å². The predicted molar refractivity (Wildman–Crippen MR) is 105 cm³/mol. The number of hydrogen-bond acceptors (Lipinski definition) is 4. The van der Waals surface area contributed by atoms with E-state index in [4.69, 9.17) is 16.3 Å². The number of methoxy groups -OCH3 is 1. The molecular weight excluding hydrogens is 370 g/mol. The van der Waals surface area contributed by atoms with Gasteiger partial charge in [0.05, 0.1) is 25.6 Å². The number of carbonyl (C=O) groups excluding carboxylic acids is 1. The number of aromatic nitrogens is 2. The number of amides is 1. The van der Waals surface area contributed by atoms with Gasteiger partial charge in [-0.2, -0.15) is 5.10 Å². The van der Waals surface area contributed by atoms with Crippen LogP contribution < -0.4 is 10.1 Å². The Bertz CT molecular complexity index is 881. The molecule has 0 aliphatic rings. The molecule has 3 rings (SSSR count). The molecule has 0 aliphatic carbocycles. The number of halogens is 1. The van der Waals surface area contributed by atoms with Crippen molar-refractivity contribution in [2.45, 2.75) is 11.4 Å². The second-order valence-corrected chi connectivity index (χ2v) is 6.93.